The Balaban J connectivity index is 0.000000635. The maximum atomic E-state index is 11.6. The molecule has 0 saturated carbocycles. The van der Waals surface area contributed by atoms with E-state index in [4.69, 9.17) is 36.8 Å². The molecule has 0 bridgehead atoms. The molecule has 0 saturated heterocycles. The molecular weight excluding hydrogens is 564 g/mol. The highest BCUT2D eigenvalue weighted by Gasteiger charge is 2.17. The van der Waals surface area contributed by atoms with Gasteiger partial charge in [-0.3, -0.25) is 5.84 Å². The fraction of sp³-hybridized carbons (Fsp3) is 0.214. The first-order valence-electron chi connectivity index (χ1n) is 12.2. The molecule has 5 N–H and O–H groups in total. The fourth-order valence-corrected chi connectivity index (χ4v) is 2.81. The van der Waals surface area contributed by atoms with Gasteiger partial charge in [0.05, 0.1) is 55.0 Å². The van der Waals surface area contributed by atoms with Gasteiger partial charge in [-0.15, -0.1) is 12.4 Å². The zero-order valence-electron chi connectivity index (χ0n) is 23.2. The lowest BCUT2D eigenvalue weighted by Crippen LogP contribution is -2.09. The molecule has 0 aliphatic carbocycles. The Morgan fingerprint density at radius 2 is 1.60 bits per heavy atom. The molecule has 0 spiro atoms. The Bertz CT molecular complexity index is 1470. The second-order valence-corrected chi connectivity index (χ2v) is 7.39. The predicted molar refractivity (Wildman–Crippen MR) is 157 cm³/mol. The summed E-state index contributed by atoms with van der Waals surface area (Å²) in [6, 6.07) is 19.5. The van der Waals surface area contributed by atoms with Crippen LogP contribution in [0.4, 0.5) is 11.5 Å². The molecule has 0 atom stereocenters. The monoisotopic (exact) mass is 594 g/mol. The van der Waals surface area contributed by atoms with E-state index in [1.54, 1.807) is 75.4 Å². The van der Waals surface area contributed by atoms with Crippen LogP contribution in [0.2, 0.25) is 0 Å². The number of nitriles is 3. The van der Waals surface area contributed by atoms with Gasteiger partial charge in [0.25, 0.3) is 0 Å². The zero-order chi connectivity index (χ0) is 30.6. The van der Waals surface area contributed by atoms with Gasteiger partial charge in [0.2, 0.25) is 0 Å². The van der Waals surface area contributed by atoms with Crippen molar-refractivity contribution in [3.8, 4) is 23.9 Å². The van der Waals surface area contributed by atoms with Crippen LogP contribution < -0.4 is 17.0 Å². The summed E-state index contributed by atoms with van der Waals surface area (Å²) in [6.07, 6.45) is 2.46. The third kappa shape index (κ3) is 11.7. The standard InChI is InChI=1S/C13H12N4O2.C8H11NO3.C7H7N3.ClH/c1-2-19-13(18)11-8-16-17(12(11)15)10-5-3-4-9(6-10)7-14;1-3-11-6-7(5-9)8(10)12-4-2;8-5-6-2-1-3-7(4-6)10-9;/h3-6,8H,2,15H2,1H3;6H,3-4H2,1-2H3;1-4,10H,9H2;1H/b;7-6-;;. The number of ether oxygens (including phenoxy) is 3. The van der Waals surface area contributed by atoms with E-state index in [0.29, 0.717) is 23.4 Å². The average molecular weight is 595 g/mol. The molecule has 1 heterocycles. The second kappa shape index (κ2) is 20.4. The summed E-state index contributed by atoms with van der Waals surface area (Å²) < 4.78 is 15.6. The van der Waals surface area contributed by atoms with Crippen molar-refractivity contribution >= 4 is 35.9 Å². The van der Waals surface area contributed by atoms with Crippen LogP contribution in [0.3, 0.4) is 0 Å². The molecule has 1 aromatic heterocycles. The quantitative estimate of drug-likeness (QED) is 0.0848. The Morgan fingerprint density at radius 3 is 2.14 bits per heavy atom. The zero-order valence-corrected chi connectivity index (χ0v) is 24.1. The van der Waals surface area contributed by atoms with E-state index < -0.39 is 11.9 Å². The van der Waals surface area contributed by atoms with Crippen LogP contribution in [0.5, 0.6) is 0 Å². The lowest BCUT2D eigenvalue weighted by atomic mass is 10.2. The van der Waals surface area contributed by atoms with Crippen LogP contribution in [0.25, 0.3) is 5.69 Å². The lowest BCUT2D eigenvalue weighted by Gasteiger charge is -2.05. The highest BCUT2D eigenvalue weighted by Crippen LogP contribution is 2.18. The molecule has 0 aliphatic rings. The highest BCUT2D eigenvalue weighted by atomic mass is 35.5. The normalized spacial score (nSPS) is 9.40. The van der Waals surface area contributed by atoms with Crippen LogP contribution in [0.15, 0.2) is 66.6 Å². The second-order valence-electron chi connectivity index (χ2n) is 7.39. The number of nitrogen functional groups attached to an aromatic ring is 2. The first-order valence-corrected chi connectivity index (χ1v) is 12.2. The number of nitrogens with zero attached hydrogens (tertiary/aromatic N) is 5. The Morgan fingerprint density at radius 1 is 0.976 bits per heavy atom. The summed E-state index contributed by atoms with van der Waals surface area (Å²) in [4.78, 5) is 22.5. The maximum Gasteiger partial charge on any atom is 0.352 e. The third-order valence-electron chi connectivity index (χ3n) is 4.66. The Kier molecular flexibility index (Phi) is 17.7. The first-order chi connectivity index (χ1) is 19.8. The minimum atomic E-state index is -0.645. The number of carbonyl (C=O) groups is 2. The molecule has 2 aromatic carbocycles. The number of carbonyl (C=O) groups excluding carboxylic acids is 2. The number of aromatic nitrogens is 2. The minimum Gasteiger partial charge on any atom is -0.500 e. The number of anilines is 2. The average Bonchev–Trinajstić information content (AvgIpc) is 3.39. The molecule has 0 amide bonds. The van der Waals surface area contributed by atoms with Crippen molar-refractivity contribution in [1.82, 2.24) is 9.78 Å². The molecule has 220 valence electrons. The van der Waals surface area contributed by atoms with Crippen molar-refractivity contribution in [3.05, 3.63) is 83.3 Å². The van der Waals surface area contributed by atoms with E-state index >= 15 is 0 Å². The number of nitrogens with two attached hydrogens (primary N) is 2. The number of esters is 2. The van der Waals surface area contributed by atoms with Crippen molar-refractivity contribution in [1.29, 1.82) is 15.8 Å². The summed E-state index contributed by atoms with van der Waals surface area (Å²) in [5, 5.41) is 29.8. The van der Waals surface area contributed by atoms with Crippen molar-refractivity contribution in [2.75, 3.05) is 31.0 Å². The molecular formula is C28H31ClN8O5. The van der Waals surface area contributed by atoms with Crippen molar-refractivity contribution in [2.45, 2.75) is 20.8 Å². The summed E-state index contributed by atoms with van der Waals surface area (Å²) >= 11 is 0. The smallest absolute Gasteiger partial charge is 0.352 e. The predicted octanol–water partition coefficient (Wildman–Crippen LogP) is 3.76. The van der Waals surface area contributed by atoms with E-state index in [1.165, 1.54) is 10.9 Å². The molecule has 0 unspecified atom stereocenters. The van der Waals surface area contributed by atoms with E-state index in [0.717, 1.165) is 11.9 Å². The van der Waals surface area contributed by atoms with Gasteiger partial charge in [-0.1, -0.05) is 12.1 Å². The Hall–Kier alpha value is -5.55. The van der Waals surface area contributed by atoms with Crippen molar-refractivity contribution in [3.63, 3.8) is 0 Å². The number of hydrogen-bond donors (Lipinski definition) is 3. The number of halogens is 1. The third-order valence-corrected chi connectivity index (χ3v) is 4.66. The van der Waals surface area contributed by atoms with Crippen molar-refractivity contribution < 1.29 is 23.8 Å². The first kappa shape index (κ1) is 36.5. The fourth-order valence-electron chi connectivity index (χ4n) is 2.81. The molecule has 13 nitrogen and oxygen atoms in total. The Labute approximate surface area is 249 Å². The summed E-state index contributed by atoms with van der Waals surface area (Å²) in [6.45, 7) is 6.10. The number of hydrazine groups is 1. The molecule has 0 aliphatic heterocycles. The lowest BCUT2D eigenvalue weighted by molar-refractivity contribution is -0.138. The van der Waals surface area contributed by atoms with E-state index in [9.17, 15) is 9.59 Å². The molecule has 3 rings (SSSR count). The van der Waals surface area contributed by atoms with E-state index in [1.807, 2.05) is 12.1 Å². The summed E-state index contributed by atoms with van der Waals surface area (Å²) in [5.74, 6) is 4.15. The summed E-state index contributed by atoms with van der Waals surface area (Å²) in [7, 11) is 0. The van der Waals surface area contributed by atoms with Gasteiger partial charge < -0.3 is 25.4 Å². The van der Waals surface area contributed by atoms with Crippen LogP contribution in [-0.2, 0) is 19.0 Å². The molecule has 0 fully saturated rings. The largest absolute Gasteiger partial charge is 0.500 e. The number of rotatable bonds is 8. The van der Waals surface area contributed by atoms with Gasteiger partial charge in [0, 0.05) is 5.69 Å². The van der Waals surface area contributed by atoms with Gasteiger partial charge in [-0.05, 0) is 57.2 Å². The van der Waals surface area contributed by atoms with Crippen LogP contribution in [-0.4, -0.2) is 41.5 Å². The topological polar surface area (TPSA) is 215 Å². The van der Waals surface area contributed by atoms with Gasteiger partial charge in [0.15, 0.2) is 5.57 Å². The number of nitrogens with one attached hydrogen (secondary N) is 1. The maximum absolute atomic E-state index is 11.6. The van der Waals surface area contributed by atoms with E-state index in [-0.39, 0.29) is 42.6 Å². The number of hydrogen-bond acceptors (Lipinski definition) is 12. The van der Waals surface area contributed by atoms with Crippen molar-refractivity contribution in [2.24, 2.45) is 5.84 Å². The number of benzene rings is 2. The van der Waals surface area contributed by atoms with Crippen LogP contribution in [0.1, 0.15) is 42.3 Å². The van der Waals surface area contributed by atoms with Crippen LogP contribution in [0, 0.1) is 34.0 Å². The van der Waals surface area contributed by atoms with Gasteiger partial charge >= 0.3 is 11.9 Å². The molecule has 14 heteroatoms. The minimum absolute atomic E-state index is 0. The summed E-state index contributed by atoms with van der Waals surface area (Å²) in [5.41, 5.74) is 10.9. The van der Waals surface area contributed by atoms with E-state index in [2.05, 4.69) is 15.3 Å². The molecule has 42 heavy (non-hydrogen) atoms. The highest BCUT2D eigenvalue weighted by molar-refractivity contribution is 5.94. The van der Waals surface area contributed by atoms with Gasteiger partial charge in [-0.25, -0.2) is 14.3 Å². The van der Waals surface area contributed by atoms with Gasteiger partial charge in [-0.2, -0.15) is 20.9 Å². The SMILES string of the molecule is CCO/C=C(/C#N)C(=O)OCC.CCOC(=O)c1cnn(-c2cccc(C#N)c2)c1N.Cl.N#Cc1cccc(NN)c1. The van der Waals surface area contributed by atoms with Crippen LogP contribution >= 0.6 is 12.4 Å². The molecule has 0 radical (unpaired) electrons. The molecule has 3 aromatic rings. The van der Waals surface area contributed by atoms with Gasteiger partial charge in [0.1, 0.15) is 23.7 Å².